The summed E-state index contributed by atoms with van der Waals surface area (Å²) in [4.78, 5) is 24.7. The standard InChI is InChI=1S/C28H20ClN3O3/c29-23-8-11-24(12-9-23)31-27(33)18-35-26-13-5-19(6-14-26)15-22(17-30)28(34)32-25-10-7-20-3-1-2-4-21(20)16-25/h1-16H,18H2,(H,31,33)(H,32,34)/b22-15+. The van der Waals surface area contributed by atoms with Crippen LogP contribution in [-0.4, -0.2) is 18.4 Å². The van der Waals surface area contributed by atoms with Crippen molar-refractivity contribution in [3.8, 4) is 11.8 Å². The lowest BCUT2D eigenvalue weighted by molar-refractivity contribution is -0.118. The molecule has 0 fully saturated rings. The minimum absolute atomic E-state index is 0.0332. The van der Waals surface area contributed by atoms with Crippen LogP contribution in [0.1, 0.15) is 5.56 Å². The lowest BCUT2D eigenvalue weighted by Crippen LogP contribution is -2.20. The van der Waals surface area contributed by atoms with Crippen LogP contribution in [0.4, 0.5) is 11.4 Å². The molecule has 0 spiro atoms. The molecule has 0 unspecified atom stereocenters. The summed E-state index contributed by atoms with van der Waals surface area (Å²) < 4.78 is 5.51. The Morgan fingerprint density at radius 2 is 1.54 bits per heavy atom. The molecule has 0 saturated heterocycles. The predicted octanol–water partition coefficient (Wildman–Crippen LogP) is 6.06. The summed E-state index contributed by atoms with van der Waals surface area (Å²) >= 11 is 5.83. The van der Waals surface area contributed by atoms with E-state index in [-0.39, 0.29) is 18.1 Å². The average molecular weight is 482 g/mol. The molecule has 4 aromatic rings. The van der Waals surface area contributed by atoms with Crippen molar-refractivity contribution in [3.63, 3.8) is 0 Å². The molecule has 172 valence electrons. The Morgan fingerprint density at radius 1 is 0.857 bits per heavy atom. The highest BCUT2D eigenvalue weighted by Crippen LogP contribution is 2.20. The van der Waals surface area contributed by atoms with Gasteiger partial charge in [-0.05, 0) is 70.9 Å². The van der Waals surface area contributed by atoms with E-state index in [0.29, 0.717) is 27.7 Å². The van der Waals surface area contributed by atoms with Gasteiger partial charge in [0.25, 0.3) is 11.8 Å². The number of ether oxygens (including phenoxy) is 1. The summed E-state index contributed by atoms with van der Waals surface area (Å²) in [5, 5.41) is 17.6. The molecule has 0 aliphatic heterocycles. The third kappa shape index (κ3) is 6.47. The normalized spacial score (nSPS) is 10.9. The zero-order valence-corrected chi connectivity index (χ0v) is 19.3. The SMILES string of the molecule is N#C/C(=C\c1ccc(OCC(=O)Nc2ccc(Cl)cc2)cc1)C(=O)Nc1ccc2ccccc2c1. The molecule has 4 rings (SSSR count). The van der Waals surface area contributed by atoms with E-state index in [0.717, 1.165) is 10.8 Å². The van der Waals surface area contributed by atoms with Crippen LogP contribution in [0.25, 0.3) is 16.8 Å². The first-order chi connectivity index (χ1) is 17.0. The number of halogens is 1. The number of fused-ring (bicyclic) bond motifs is 1. The van der Waals surface area contributed by atoms with Gasteiger partial charge in [-0.15, -0.1) is 0 Å². The van der Waals surface area contributed by atoms with E-state index in [4.69, 9.17) is 16.3 Å². The van der Waals surface area contributed by atoms with Crippen LogP contribution in [0.5, 0.6) is 5.75 Å². The van der Waals surface area contributed by atoms with E-state index in [2.05, 4.69) is 10.6 Å². The van der Waals surface area contributed by atoms with Crippen molar-refractivity contribution < 1.29 is 14.3 Å². The smallest absolute Gasteiger partial charge is 0.266 e. The van der Waals surface area contributed by atoms with Crippen molar-refractivity contribution in [1.82, 2.24) is 0 Å². The first-order valence-corrected chi connectivity index (χ1v) is 11.1. The number of nitriles is 1. The molecule has 35 heavy (non-hydrogen) atoms. The van der Waals surface area contributed by atoms with Crippen molar-refractivity contribution in [2.75, 3.05) is 17.2 Å². The summed E-state index contributed by atoms with van der Waals surface area (Å²) in [7, 11) is 0. The number of nitrogens with one attached hydrogen (secondary N) is 2. The lowest BCUT2D eigenvalue weighted by Gasteiger charge is -2.08. The Bertz CT molecular complexity index is 1440. The summed E-state index contributed by atoms with van der Waals surface area (Å²) in [5.41, 5.74) is 1.84. The van der Waals surface area contributed by atoms with E-state index in [9.17, 15) is 14.9 Å². The fourth-order valence-corrected chi connectivity index (χ4v) is 3.45. The largest absolute Gasteiger partial charge is 0.484 e. The van der Waals surface area contributed by atoms with Crippen LogP contribution in [0.2, 0.25) is 5.02 Å². The molecule has 0 saturated carbocycles. The van der Waals surface area contributed by atoms with Crippen LogP contribution in [0.3, 0.4) is 0 Å². The van der Waals surface area contributed by atoms with Gasteiger partial charge in [0.15, 0.2) is 6.61 Å². The minimum Gasteiger partial charge on any atom is -0.484 e. The Balaban J connectivity index is 1.35. The molecule has 0 radical (unpaired) electrons. The summed E-state index contributed by atoms with van der Waals surface area (Å²) in [6, 6.07) is 28.8. The highest BCUT2D eigenvalue weighted by Gasteiger charge is 2.10. The van der Waals surface area contributed by atoms with Gasteiger partial charge in [0, 0.05) is 16.4 Å². The van der Waals surface area contributed by atoms with Gasteiger partial charge in [-0.1, -0.05) is 54.1 Å². The molecule has 2 N–H and O–H groups in total. The quantitative estimate of drug-likeness (QED) is 0.248. The molecule has 2 amide bonds. The minimum atomic E-state index is -0.498. The monoisotopic (exact) mass is 481 g/mol. The second kappa shape index (κ2) is 11.0. The molecule has 4 aromatic carbocycles. The first kappa shape index (κ1) is 23.6. The third-order valence-corrected chi connectivity index (χ3v) is 5.31. The van der Waals surface area contributed by atoms with E-state index in [1.807, 2.05) is 42.5 Å². The zero-order chi connectivity index (χ0) is 24.6. The molecule has 0 bridgehead atoms. The van der Waals surface area contributed by atoms with Crippen LogP contribution < -0.4 is 15.4 Å². The molecule has 7 heteroatoms. The van der Waals surface area contributed by atoms with E-state index in [1.54, 1.807) is 54.6 Å². The number of amides is 2. The Labute approximate surface area is 207 Å². The van der Waals surface area contributed by atoms with E-state index >= 15 is 0 Å². The number of benzene rings is 4. The highest BCUT2D eigenvalue weighted by molar-refractivity contribution is 6.30. The maximum absolute atomic E-state index is 12.6. The Hall–Kier alpha value is -4.60. The number of carbonyl (C=O) groups is 2. The molecule has 0 aliphatic carbocycles. The summed E-state index contributed by atoms with van der Waals surface area (Å²) in [6.45, 7) is -0.171. The fourth-order valence-electron chi connectivity index (χ4n) is 3.32. The van der Waals surface area contributed by atoms with Gasteiger partial charge in [0.05, 0.1) is 0 Å². The third-order valence-electron chi connectivity index (χ3n) is 5.06. The van der Waals surface area contributed by atoms with Crippen molar-refractivity contribution in [1.29, 1.82) is 5.26 Å². The van der Waals surface area contributed by atoms with E-state index in [1.165, 1.54) is 6.08 Å². The fraction of sp³-hybridized carbons (Fsp3) is 0.0357. The van der Waals surface area contributed by atoms with Crippen molar-refractivity contribution in [2.24, 2.45) is 0 Å². The van der Waals surface area contributed by atoms with Crippen molar-refractivity contribution in [3.05, 3.63) is 107 Å². The van der Waals surface area contributed by atoms with Gasteiger partial charge in [-0.25, -0.2) is 0 Å². The first-order valence-electron chi connectivity index (χ1n) is 10.7. The molecular formula is C28H20ClN3O3. The molecule has 0 aromatic heterocycles. The average Bonchev–Trinajstić information content (AvgIpc) is 2.88. The number of rotatable bonds is 7. The van der Waals surface area contributed by atoms with Gasteiger partial charge in [0.1, 0.15) is 17.4 Å². The summed E-state index contributed by atoms with van der Waals surface area (Å²) in [5.74, 6) is -0.331. The lowest BCUT2D eigenvalue weighted by atomic mass is 10.1. The number of nitrogens with zero attached hydrogens (tertiary/aromatic N) is 1. The van der Waals surface area contributed by atoms with Gasteiger partial charge in [-0.3, -0.25) is 9.59 Å². The molecule has 0 aliphatic rings. The molecule has 6 nitrogen and oxygen atoms in total. The van der Waals surface area contributed by atoms with Crippen molar-refractivity contribution in [2.45, 2.75) is 0 Å². The molecular weight excluding hydrogens is 462 g/mol. The molecule has 0 atom stereocenters. The Kier molecular flexibility index (Phi) is 7.41. The zero-order valence-electron chi connectivity index (χ0n) is 18.5. The van der Waals surface area contributed by atoms with Crippen LogP contribution in [0.15, 0.2) is 96.6 Å². The second-order valence-electron chi connectivity index (χ2n) is 7.60. The summed E-state index contributed by atoms with van der Waals surface area (Å²) in [6.07, 6.45) is 1.49. The predicted molar refractivity (Wildman–Crippen MR) is 138 cm³/mol. The Morgan fingerprint density at radius 3 is 2.26 bits per heavy atom. The van der Waals surface area contributed by atoms with Gasteiger partial charge in [0.2, 0.25) is 0 Å². The number of hydrogen-bond acceptors (Lipinski definition) is 4. The van der Waals surface area contributed by atoms with E-state index < -0.39 is 5.91 Å². The maximum atomic E-state index is 12.6. The molecule has 0 heterocycles. The van der Waals surface area contributed by atoms with Gasteiger partial charge >= 0.3 is 0 Å². The highest BCUT2D eigenvalue weighted by atomic mass is 35.5. The van der Waals surface area contributed by atoms with Crippen LogP contribution in [-0.2, 0) is 9.59 Å². The van der Waals surface area contributed by atoms with Crippen LogP contribution in [0, 0.1) is 11.3 Å². The topological polar surface area (TPSA) is 91.2 Å². The second-order valence-corrected chi connectivity index (χ2v) is 8.04. The number of hydrogen-bond donors (Lipinski definition) is 2. The van der Waals surface area contributed by atoms with Gasteiger partial charge < -0.3 is 15.4 Å². The maximum Gasteiger partial charge on any atom is 0.266 e. The number of carbonyl (C=O) groups excluding carboxylic acids is 2. The number of anilines is 2. The van der Waals surface area contributed by atoms with Crippen molar-refractivity contribution >= 4 is 51.6 Å². The van der Waals surface area contributed by atoms with Gasteiger partial charge in [-0.2, -0.15) is 5.26 Å². The van der Waals surface area contributed by atoms with Crippen LogP contribution >= 0.6 is 11.6 Å².